The van der Waals surface area contributed by atoms with Crippen LogP contribution in [0.5, 0.6) is 17.4 Å². The molecule has 5 rings (SSSR count). The van der Waals surface area contributed by atoms with Gasteiger partial charge in [0.15, 0.2) is 17.2 Å². The van der Waals surface area contributed by atoms with Crippen LogP contribution in [-0.4, -0.2) is 91.1 Å². The molecule has 0 atom stereocenters. The van der Waals surface area contributed by atoms with Crippen LogP contribution in [0.25, 0.3) is 10.8 Å². The minimum Gasteiger partial charge on any atom is -0.505 e. The molecule has 0 spiro atoms. The Hall–Kier alpha value is -7.38. The van der Waals surface area contributed by atoms with E-state index in [0.717, 1.165) is 22.9 Å². The Morgan fingerprint density at radius 2 is 1.17 bits per heavy atom. The van der Waals surface area contributed by atoms with Crippen LogP contribution >= 0.6 is 0 Å². The van der Waals surface area contributed by atoms with Crippen molar-refractivity contribution in [2.45, 2.75) is 14.7 Å². The maximum absolute atomic E-state index is 12.4. The fourth-order valence-electron chi connectivity index (χ4n) is 4.85. The van der Waals surface area contributed by atoms with Gasteiger partial charge in [-0.2, -0.15) is 35.5 Å². The van der Waals surface area contributed by atoms with Gasteiger partial charge in [-0.15, -0.1) is 25.6 Å². The van der Waals surface area contributed by atoms with Crippen LogP contribution in [0.3, 0.4) is 0 Å². The normalized spacial score (nSPS) is 12.6. The highest BCUT2D eigenvalue weighted by Crippen LogP contribution is 2.50. The number of nitro groups is 1. The molecule has 58 heavy (non-hydrogen) atoms. The van der Waals surface area contributed by atoms with Crippen LogP contribution in [0.2, 0.25) is 0 Å². The number of carboxylic acid groups (broad SMARTS) is 2. The monoisotopic (exact) mass is 865 g/mol. The van der Waals surface area contributed by atoms with Crippen LogP contribution in [0.4, 0.5) is 39.8 Å². The lowest BCUT2D eigenvalue weighted by atomic mass is 10.1. The Balaban J connectivity index is 1.69. The van der Waals surface area contributed by atoms with E-state index in [4.69, 9.17) is 0 Å². The summed E-state index contributed by atoms with van der Waals surface area (Å²) in [7, 11) is -15.0. The van der Waals surface area contributed by atoms with Crippen molar-refractivity contribution in [2.24, 2.45) is 37.7 Å². The van der Waals surface area contributed by atoms with Gasteiger partial charge in [0.1, 0.15) is 37.4 Å². The van der Waals surface area contributed by atoms with Crippen LogP contribution in [0.1, 0.15) is 20.8 Å². The molecular weight excluding hydrogens is 847 g/mol. The zero-order chi connectivity index (χ0) is 43.2. The summed E-state index contributed by atoms with van der Waals surface area (Å²) in [6.07, 6.45) is 0. The number of phenolic OH excluding ortho intramolecular Hbond substituents is 2. The molecule has 27 nitrogen and oxygen atoms in total. The van der Waals surface area contributed by atoms with Gasteiger partial charge in [-0.3, -0.25) is 23.8 Å². The average molecular weight is 866 g/mol. The molecule has 0 aliphatic heterocycles. The highest BCUT2D eigenvalue weighted by molar-refractivity contribution is 7.86. The van der Waals surface area contributed by atoms with E-state index in [9.17, 15) is 84.1 Å². The summed E-state index contributed by atoms with van der Waals surface area (Å²) < 4.78 is 104. The predicted octanol–water partition coefficient (Wildman–Crippen LogP) is 4.98. The minimum atomic E-state index is -5.49. The second-order valence-corrected chi connectivity index (χ2v) is 15.3. The van der Waals surface area contributed by atoms with Crippen LogP contribution in [0.15, 0.2) is 93.9 Å². The quantitative estimate of drug-likeness (QED) is 0.0354. The molecule has 0 aliphatic rings. The number of rotatable bonds is 12. The lowest BCUT2D eigenvalue weighted by Crippen LogP contribution is -2.02. The molecule has 1 heterocycles. The highest BCUT2D eigenvalue weighted by Gasteiger charge is 2.30. The Morgan fingerprint density at radius 3 is 1.66 bits per heavy atom. The Bertz CT molecular complexity index is 3070. The van der Waals surface area contributed by atoms with E-state index in [1.165, 1.54) is 7.05 Å². The molecule has 30 heteroatoms. The van der Waals surface area contributed by atoms with E-state index in [1.807, 2.05) is 0 Å². The molecule has 0 amide bonds. The third kappa shape index (κ3) is 8.25. The lowest BCUT2D eigenvalue weighted by Gasteiger charge is -2.13. The summed E-state index contributed by atoms with van der Waals surface area (Å²) >= 11 is 0. The number of aryl methyl sites for hydroxylation is 1. The van der Waals surface area contributed by atoms with E-state index in [-0.39, 0.29) is 5.69 Å². The third-order valence-electron chi connectivity index (χ3n) is 7.43. The number of phenols is 2. The molecule has 0 radical (unpaired) electrons. The molecule has 8 N–H and O–H groups in total. The average Bonchev–Trinajstić information content (AvgIpc) is 3.40. The van der Waals surface area contributed by atoms with Crippen LogP contribution in [0, 0.1) is 10.1 Å². The van der Waals surface area contributed by atoms with E-state index in [2.05, 4.69) is 35.8 Å². The first kappa shape index (κ1) is 41.8. The van der Waals surface area contributed by atoms with Crippen molar-refractivity contribution in [3.63, 3.8) is 0 Å². The van der Waals surface area contributed by atoms with Crippen molar-refractivity contribution in [3.8, 4) is 17.4 Å². The van der Waals surface area contributed by atoms with Gasteiger partial charge in [0.2, 0.25) is 11.6 Å². The summed E-state index contributed by atoms with van der Waals surface area (Å²) in [4.78, 5) is 29.7. The van der Waals surface area contributed by atoms with E-state index in [0.29, 0.717) is 30.3 Å². The summed E-state index contributed by atoms with van der Waals surface area (Å²) in [6, 6.07) is 5.32. The second kappa shape index (κ2) is 14.9. The van der Waals surface area contributed by atoms with E-state index in [1.54, 1.807) is 0 Å². The molecule has 1 aromatic heterocycles. The summed E-state index contributed by atoms with van der Waals surface area (Å²) in [6.45, 7) is 0. The SMILES string of the molecule is Cn1nc(C(=O)O)c(/N=N/c2ccc(/N=N/c3c(S(=O)(=O)O)cc4cc(S(=O)(=O)O)c(/N=N/c5ccc([N+](=O)[O-])cc5S(=O)(=O)O)c(O)c4c3O)c(C(=O)O)c2)c1O. The number of aromatic nitrogens is 2. The van der Waals surface area contributed by atoms with E-state index < -0.39 is 135 Å². The number of benzene rings is 4. The van der Waals surface area contributed by atoms with Crippen molar-refractivity contribution in [2.75, 3.05) is 0 Å². The molecule has 0 aliphatic carbocycles. The van der Waals surface area contributed by atoms with Crippen LogP contribution in [-0.2, 0) is 37.4 Å². The van der Waals surface area contributed by atoms with Gasteiger partial charge in [-0.1, -0.05) is 0 Å². The Labute approximate surface area is 320 Å². The molecule has 0 saturated heterocycles. The van der Waals surface area contributed by atoms with Crippen molar-refractivity contribution >= 4 is 92.9 Å². The van der Waals surface area contributed by atoms with Gasteiger partial charge in [0, 0.05) is 19.2 Å². The van der Waals surface area contributed by atoms with Gasteiger partial charge in [0.25, 0.3) is 36.0 Å². The summed E-state index contributed by atoms with van der Waals surface area (Å²) in [5.41, 5.74) is -7.13. The van der Waals surface area contributed by atoms with Gasteiger partial charge in [-0.05, 0) is 41.8 Å². The molecule has 0 bridgehead atoms. The van der Waals surface area contributed by atoms with Crippen molar-refractivity contribution in [1.29, 1.82) is 0 Å². The Morgan fingerprint density at radius 1 is 0.672 bits per heavy atom. The number of aromatic hydroxyl groups is 3. The van der Waals surface area contributed by atoms with Crippen LogP contribution < -0.4 is 0 Å². The fourth-order valence-corrected chi connectivity index (χ4v) is 6.81. The first-order valence-corrected chi connectivity index (χ1v) is 19.0. The number of hydrogen-bond acceptors (Lipinski definition) is 20. The fraction of sp³-hybridized carbons (Fsp3) is 0.0357. The van der Waals surface area contributed by atoms with Crippen molar-refractivity contribution in [3.05, 3.63) is 69.9 Å². The zero-order valence-electron chi connectivity index (χ0n) is 28.0. The first-order valence-electron chi connectivity index (χ1n) is 14.7. The predicted molar refractivity (Wildman–Crippen MR) is 188 cm³/mol. The molecule has 0 unspecified atom stereocenters. The zero-order valence-corrected chi connectivity index (χ0v) is 30.5. The maximum atomic E-state index is 12.4. The number of nitrogens with zero attached hydrogens (tertiary/aromatic N) is 9. The van der Waals surface area contributed by atoms with Gasteiger partial charge >= 0.3 is 11.9 Å². The molecule has 4 aromatic carbocycles. The highest BCUT2D eigenvalue weighted by atomic mass is 32.2. The number of hydrogen-bond donors (Lipinski definition) is 8. The van der Waals surface area contributed by atoms with Gasteiger partial charge in [0.05, 0.1) is 21.6 Å². The number of fused-ring (bicyclic) bond motifs is 1. The third-order valence-corrected chi connectivity index (χ3v) is 10.0. The topological polar surface area (TPSA) is 434 Å². The number of carboxylic acids is 2. The number of carbonyl (C=O) groups is 2. The smallest absolute Gasteiger partial charge is 0.358 e. The molecular formula is C28H19N9O18S3. The van der Waals surface area contributed by atoms with Crippen molar-refractivity contribution in [1.82, 2.24) is 9.78 Å². The number of azo groups is 3. The van der Waals surface area contributed by atoms with Crippen molar-refractivity contribution < 1.29 is 79.0 Å². The molecule has 0 fully saturated rings. The number of nitro benzene ring substituents is 1. The lowest BCUT2D eigenvalue weighted by molar-refractivity contribution is -0.385. The standard InChI is InChI=1S/C28H19N9O18S3/c1-36-26(40)22(23(35-36)28(43)44)34-29-11-2-4-14(13(8-11)27(41)42)30-32-20-17(57(50,51)52)6-10-7-18(58(53,54)55)21(25(39)19(10)24(20)38)33-31-15-5-3-12(37(45)46)9-16(15)56(47,48)49/h2-9,38-40H,1H3,(H,41,42)(H,43,44)(H,47,48,49)(H,50,51,52)(H,53,54,55)/b32-30+,33-31+,34-29+. The molecule has 0 saturated carbocycles. The maximum Gasteiger partial charge on any atom is 0.358 e. The van der Waals surface area contributed by atoms with Gasteiger partial charge in [-0.25, -0.2) is 14.3 Å². The van der Waals surface area contributed by atoms with Gasteiger partial charge < -0.3 is 25.5 Å². The molecule has 5 aromatic rings. The number of non-ortho nitro benzene ring substituents is 1. The Kier molecular flexibility index (Phi) is 10.8. The first-order chi connectivity index (χ1) is 26.8. The largest absolute Gasteiger partial charge is 0.505 e. The van der Waals surface area contributed by atoms with E-state index >= 15 is 0 Å². The second-order valence-electron chi connectivity index (χ2n) is 11.1. The summed E-state index contributed by atoms with van der Waals surface area (Å²) in [5.74, 6) is -6.86. The number of aromatic carboxylic acids is 2. The summed E-state index contributed by atoms with van der Waals surface area (Å²) in [5, 5.41) is 85.8. The minimum absolute atomic E-state index is 0.276. The molecule has 302 valence electrons.